The quantitative estimate of drug-likeness (QED) is 0.910. The summed E-state index contributed by atoms with van der Waals surface area (Å²) in [6.45, 7) is 0.641. The van der Waals surface area contributed by atoms with Gasteiger partial charge in [0.05, 0.1) is 18.4 Å². The van der Waals surface area contributed by atoms with E-state index in [1.165, 1.54) is 10.7 Å². The van der Waals surface area contributed by atoms with E-state index in [-0.39, 0.29) is 12.4 Å². The summed E-state index contributed by atoms with van der Waals surface area (Å²) in [5, 5.41) is 7.60. The Balaban J connectivity index is 0.00000144. The largest absolute Gasteiger partial charge is 0.325 e. The van der Waals surface area contributed by atoms with Crippen LogP contribution in [0.1, 0.15) is 11.3 Å². The Morgan fingerprint density at radius 1 is 1.24 bits per heavy atom. The molecule has 0 spiro atoms. The molecule has 0 bridgehead atoms. The van der Waals surface area contributed by atoms with Crippen LogP contribution in [0.4, 0.5) is 8.78 Å². The van der Waals surface area contributed by atoms with Crippen molar-refractivity contribution in [3.05, 3.63) is 47.3 Å². The van der Waals surface area contributed by atoms with Crippen LogP contribution in [-0.2, 0) is 13.1 Å². The normalized spacial score (nSPS) is 10.1. The molecule has 1 aromatic heterocycles. The smallest absolute Gasteiger partial charge is 0.159 e. The molecule has 0 radical (unpaired) electrons. The van der Waals surface area contributed by atoms with Crippen molar-refractivity contribution in [2.75, 3.05) is 0 Å². The maximum Gasteiger partial charge on any atom is 0.159 e. The molecule has 2 rings (SSSR count). The van der Waals surface area contributed by atoms with E-state index in [1.807, 2.05) is 0 Å². The molecule has 0 aliphatic heterocycles. The van der Waals surface area contributed by atoms with Gasteiger partial charge in [-0.3, -0.25) is 0 Å². The highest BCUT2D eigenvalue weighted by atomic mass is 35.5. The summed E-state index contributed by atoms with van der Waals surface area (Å²) in [6.07, 6.45) is 1.67. The third-order valence-electron chi connectivity index (χ3n) is 2.12. The van der Waals surface area contributed by atoms with Gasteiger partial charge in [-0.1, -0.05) is 11.3 Å². The number of rotatable bonds is 3. The monoisotopic (exact) mass is 260 g/mol. The van der Waals surface area contributed by atoms with E-state index in [0.717, 1.165) is 12.1 Å². The number of hydrogen-bond donors (Lipinski definition) is 1. The molecule has 0 amide bonds. The zero-order valence-corrected chi connectivity index (χ0v) is 9.62. The number of halogens is 3. The Kier molecular flexibility index (Phi) is 4.53. The van der Waals surface area contributed by atoms with Crippen molar-refractivity contribution in [3.63, 3.8) is 0 Å². The molecular formula is C10H11ClF2N4. The van der Waals surface area contributed by atoms with Crippen molar-refractivity contribution in [2.24, 2.45) is 5.73 Å². The highest BCUT2D eigenvalue weighted by molar-refractivity contribution is 5.85. The second-order valence-corrected chi connectivity index (χ2v) is 3.36. The summed E-state index contributed by atoms with van der Waals surface area (Å²) in [4.78, 5) is 0. The van der Waals surface area contributed by atoms with Gasteiger partial charge in [-0.05, 0) is 17.7 Å². The van der Waals surface area contributed by atoms with Gasteiger partial charge in [-0.15, -0.1) is 17.5 Å². The average Bonchev–Trinajstić information content (AvgIpc) is 2.71. The summed E-state index contributed by atoms with van der Waals surface area (Å²) in [5.41, 5.74) is 6.65. The van der Waals surface area contributed by atoms with E-state index in [4.69, 9.17) is 5.73 Å². The lowest BCUT2D eigenvalue weighted by Gasteiger charge is -2.01. The predicted octanol–water partition coefficient (Wildman–Crippen LogP) is 1.49. The van der Waals surface area contributed by atoms with E-state index in [9.17, 15) is 8.78 Å². The topological polar surface area (TPSA) is 56.7 Å². The maximum atomic E-state index is 12.9. The lowest BCUT2D eigenvalue weighted by atomic mass is 10.2. The molecule has 7 heteroatoms. The van der Waals surface area contributed by atoms with Crippen LogP contribution >= 0.6 is 12.4 Å². The molecule has 0 aliphatic carbocycles. The van der Waals surface area contributed by atoms with Crippen LogP contribution in [0.2, 0.25) is 0 Å². The molecule has 1 heterocycles. The van der Waals surface area contributed by atoms with Gasteiger partial charge >= 0.3 is 0 Å². The van der Waals surface area contributed by atoms with Crippen LogP contribution in [0, 0.1) is 11.6 Å². The summed E-state index contributed by atoms with van der Waals surface area (Å²) in [7, 11) is 0. The van der Waals surface area contributed by atoms with Gasteiger partial charge in [0.1, 0.15) is 0 Å². The van der Waals surface area contributed by atoms with Crippen LogP contribution in [0.15, 0.2) is 24.4 Å². The zero-order chi connectivity index (χ0) is 11.5. The molecule has 2 N–H and O–H groups in total. The molecule has 92 valence electrons. The van der Waals surface area contributed by atoms with Gasteiger partial charge in [0.25, 0.3) is 0 Å². The first-order valence-corrected chi connectivity index (χ1v) is 4.72. The van der Waals surface area contributed by atoms with Gasteiger partial charge in [-0.2, -0.15) is 0 Å². The Morgan fingerprint density at radius 2 is 2.00 bits per heavy atom. The van der Waals surface area contributed by atoms with Crippen molar-refractivity contribution in [1.29, 1.82) is 0 Å². The molecule has 0 saturated carbocycles. The molecule has 4 nitrogen and oxygen atoms in total. The van der Waals surface area contributed by atoms with Crippen molar-refractivity contribution in [2.45, 2.75) is 13.1 Å². The van der Waals surface area contributed by atoms with E-state index in [2.05, 4.69) is 10.3 Å². The van der Waals surface area contributed by atoms with Gasteiger partial charge in [0, 0.05) is 6.54 Å². The number of nitrogens with zero attached hydrogens (tertiary/aromatic N) is 3. The maximum absolute atomic E-state index is 12.9. The van der Waals surface area contributed by atoms with Gasteiger partial charge in [0.15, 0.2) is 11.6 Å². The SMILES string of the molecule is Cl.NCc1cn(Cc2ccc(F)c(F)c2)nn1. The standard InChI is InChI=1S/C10H10F2N4.ClH/c11-9-2-1-7(3-10(9)12)5-16-6-8(4-13)14-15-16;/h1-3,6H,4-5,13H2;1H. The Labute approximate surface area is 103 Å². The van der Waals surface area contributed by atoms with Gasteiger partial charge in [0.2, 0.25) is 0 Å². The fourth-order valence-corrected chi connectivity index (χ4v) is 1.33. The molecule has 1 aromatic carbocycles. The minimum absolute atomic E-state index is 0. The molecule has 0 atom stereocenters. The number of benzene rings is 1. The van der Waals surface area contributed by atoms with Crippen molar-refractivity contribution in [3.8, 4) is 0 Å². The lowest BCUT2D eigenvalue weighted by molar-refractivity contribution is 0.505. The summed E-state index contributed by atoms with van der Waals surface area (Å²) >= 11 is 0. The first-order valence-electron chi connectivity index (χ1n) is 4.72. The summed E-state index contributed by atoms with van der Waals surface area (Å²) in [6, 6.07) is 3.73. The first kappa shape index (κ1) is 13.5. The van der Waals surface area contributed by atoms with Gasteiger partial charge in [-0.25, -0.2) is 13.5 Å². The van der Waals surface area contributed by atoms with Crippen LogP contribution in [-0.4, -0.2) is 15.0 Å². The summed E-state index contributed by atoms with van der Waals surface area (Å²) < 4.78 is 27.1. The molecule has 0 saturated heterocycles. The van der Waals surface area contributed by atoms with Crippen LogP contribution < -0.4 is 5.73 Å². The van der Waals surface area contributed by atoms with E-state index in [1.54, 1.807) is 6.20 Å². The lowest BCUT2D eigenvalue weighted by Crippen LogP contribution is -2.01. The number of nitrogens with two attached hydrogens (primary N) is 1. The van der Waals surface area contributed by atoms with Crippen molar-refractivity contribution < 1.29 is 8.78 Å². The fourth-order valence-electron chi connectivity index (χ4n) is 1.33. The van der Waals surface area contributed by atoms with Crippen LogP contribution in [0.5, 0.6) is 0 Å². The second kappa shape index (κ2) is 5.70. The minimum Gasteiger partial charge on any atom is -0.325 e. The fraction of sp³-hybridized carbons (Fsp3) is 0.200. The molecular weight excluding hydrogens is 250 g/mol. The number of hydrogen-bond acceptors (Lipinski definition) is 3. The highest BCUT2D eigenvalue weighted by Crippen LogP contribution is 2.09. The van der Waals surface area contributed by atoms with Gasteiger partial charge < -0.3 is 5.73 Å². The number of aromatic nitrogens is 3. The van der Waals surface area contributed by atoms with E-state index in [0.29, 0.717) is 24.3 Å². The summed E-state index contributed by atoms with van der Waals surface area (Å²) in [5.74, 6) is -1.72. The second-order valence-electron chi connectivity index (χ2n) is 3.36. The average molecular weight is 261 g/mol. The Hall–Kier alpha value is -1.53. The Morgan fingerprint density at radius 3 is 2.59 bits per heavy atom. The zero-order valence-electron chi connectivity index (χ0n) is 8.81. The van der Waals surface area contributed by atoms with Crippen molar-refractivity contribution in [1.82, 2.24) is 15.0 Å². The first-order chi connectivity index (χ1) is 7.69. The Bertz CT molecular complexity index is 501. The van der Waals surface area contributed by atoms with Crippen LogP contribution in [0.25, 0.3) is 0 Å². The van der Waals surface area contributed by atoms with Crippen molar-refractivity contribution >= 4 is 12.4 Å². The molecule has 0 fully saturated rings. The molecule has 0 aliphatic rings. The molecule has 2 aromatic rings. The van der Waals surface area contributed by atoms with Crippen LogP contribution in [0.3, 0.4) is 0 Å². The third kappa shape index (κ3) is 3.21. The molecule has 0 unspecified atom stereocenters. The highest BCUT2D eigenvalue weighted by Gasteiger charge is 2.04. The van der Waals surface area contributed by atoms with E-state index < -0.39 is 11.6 Å². The van der Waals surface area contributed by atoms with E-state index >= 15 is 0 Å². The molecule has 17 heavy (non-hydrogen) atoms. The third-order valence-corrected chi connectivity index (χ3v) is 2.12. The minimum atomic E-state index is -0.864. The predicted molar refractivity (Wildman–Crippen MR) is 60.6 cm³/mol.